The topological polar surface area (TPSA) is 88.5 Å². The van der Waals surface area contributed by atoms with Gasteiger partial charge in [-0.25, -0.2) is 4.99 Å². The van der Waals surface area contributed by atoms with Crippen molar-refractivity contribution < 1.29 is 0 Å². The van der Waals surface area contributed by atoms with E-state index in [4.69, 9.17) is 11.5 Å². The first-order valence-corrected chi connectivity index (χ1v) is 7.55. The van der Waals surface area contributed by atoms with Crippen LogP contribution in [0.4, 0.5) is 11.4 Å². The molecule has 0 spiro atoms. The lowest BCUT2D eigenvalue weighted by atomic mass is 9.99. The predicted molar refractivity (Wildman–Crippen MR) is 94.2 cm³/mol. The van der Waals surface area contributed by atoms with Crippen LogP contribution in [0.5, 0.6) is 0 Å². The first-order valence-electron chi connectivity index (χ1n) is 6.76. The van der Waals surface area contributed by atoms with E-state index in [-0.39, 0.29) is 0 Å². The highest BCUT2D eigenvalue weighted by Gasteiger charge is 2.26. The molecule has 1 atom stereocenters. The molecule has 0 bridgehead atoms. The maximum atomic E-state index is 6.40. The lowest BCUT2D eigenvalue weighted by molar-refractivity contribution is 0.581. The van der Waals surface area contributed by atoms with Gasteiger partial charge in [0.25, 0.3) is 0 Å². The second kappa shape index (κ2) is 5.82. The van der Waals surface area contributed by atoms with Crippen LogP contribution in [0.25, 0.3) is 0 Å². The number of nitrogens with two attached hydrogens (primary N) is 2. The summed E-state index contributed by atoms with van der Waals surface area (Å²) in [6.45, 7) is 0. The zero-order valence-electron chi connectivity index (χ0n) is 11.8. The van der Waals surface area contributed by atoms with Crippen LogP contribution < -0.4 is 22.1 Å². The number of nitrogen functional groups attached to an aromatic ring is 1. The van der Waals surface area contributed by atoms with Gasteiger partial charge in [0.05, 0.1) is 6.34 Å². The molecule has 2 aromatic carbocycles. The van der Waals surface area contributed by atoms with Gasteiger partial charge in [0.15, 0.2) is 5.66 Å². The minimum atomic E-state index is -0.949. The number of anilines is 2. The van der Waals surface area contributed by atoms with Crippen LogP contribution in [0.2, 0.25) is 0 Å². The average molecular weight is 358 g/mol. The fraction of sp³-hybridized carbons (Fsp3) is 0.0625. The summed E-state index contributed by atoms with van der Waals surface area (Å²) in [6, 6.07) is 15.3. The first kappa shape index (κ1) is 14.6. The molecule has 1 aliphatic rings. The quantitative estimate of drug-likeness (QED) is 0.636. The van der Waals surface area contributed by atoms with Gasteiger partial charge >= 0.3 is 0 Å². The van der Waals surface area contributed by atoms with E-state index in [2.05, 4.69) is 31.6 Å². The van der Waals surface area contributed by atoms with E-state index in [0.717, 1.165) is 21.5 Å². The molecule has 0 amide bonds. The zero-order chi connectivity index (χ0) is 15.6. The first-order chi connectivity index (χ1) is 10.5. The minimum Gasteiger partial charge on any atom is -0.399 e. The van der Waals surface area contributed by atoms with Gasteiger partial charge in [-0.05, 0) is 30.3 Å². The molecule has 5 nitrogen and oxygen atoms in total. The zero-order valence-corrected chi connectivity index (χ0v) is 13.3. The number of aliphatic imine (C=N–C) groups is 1. The van der Waals surface area contributed by atoms with Crippen LogP contribution in [-0.2, 0) is 5.66 Å². The molecule has 6 heteroatoms. The van der Waals surface area contributed by atoms with Crippen LogP contribution >= 0.6 is 15.9 Å². The molecule has 0 aromatic heterocycles. The largest absolute Gasteiger partial charge is 0.399 e. The maximum Gasteiger partial charge on any atom is 0.158 e. The Labute approximate surface area is 137 Å². The van der Waals surface area contributed by atoms with Gasteiger partial charge in [0.1, 0.15) is 5.82 Å². The van der Waals surface area contributed by atoms with E-state index in [1.54, 1.807) is 6.34 Å². The van der Waals surface area contributed by atoms with Crippen molar-refractivity contribution >= 4 is 33.6 Å². The fourth-order valence-corrected chi connectivity index (χ4v) is 2.65. The molecular formula is C16H16BrN5. The second-order valence-corrected chi connectivity index (χ2v) is 5.96. The van der Waals surface area contributed by atoms with Crippen molar-refractivity contribution in [2.75, 3.05) is 11.1 Å². The lowest BCUT2D eigenvalue weighted by Crippen LogP contribution is -2.39. The summed E-state index contributed by atoms with van der Waals surface area (Å²) in [6.07, 6.45) is 3.42. The highest BCUT2D eigenvalue weighted by molar-refractivity contribution is 9.10. The third-order valence-electron chi connectivity index (χ3n) is 3.32. The number of rotatable bonds is 3. The molecular weight excluding hydrogens is 342 g/mol. The Balaban J connectivity index is 1.89. The summed E-state index contributed by atoms with van der Waals surface area (Å²) in [5.41, 5.74) is 13.7. The Hall–Kier alpha value is -2.31. The van der Waals surface area contributed by atoms with Crippen LogP contribution in [-0.4, -0.2) is 6.34 Å². The van der Waals surface area contributed by atoms with Crippen molar-refractivity contribution in [3.8, 4) is 0 Å². The van der Waals surface area contributed by atoms with Gasteiger partial charge in [-0.2, -0.15) is 0 Å². The van der Waals surface area contributed by atoms with E-state index >= 15 is 0 Å². The highest BCUT2D eigenvalue weighted by atomic mass is 79.9. The van der Waals surface area contributed by atoms with Crippen molar-refractivity contribution in [2.45, 2.75) is 5.66 Å². The average Bonchev–Trinajstić information content (AvgIpc) is 2.47. The predicted octanol–water partition coefficient (Wildman–Crippen LogP) is 2.73. The summed E-state index contributed by atoms with van der Waals surface area (Å²) >= 11 is 3.45. The van der Waals surface area contributed by atoms with E-state index in [0.29, 0.717) is 5.69 Å². The van der Waals surface area contributed by atoms with Gasteiger partial charge < -0.3 is 16.4 Å². The monoisotopic (exact) mass is 357 g/mol. The minimum absolute atomic E-state index is 0.658. The van der Waals surface area contributed by atoms with E-state index < -0.39 is 5.66 Å². The third kappa shape index (κ3) is 3.13. The smallest absolute Gasteiger partial charge is 0.158 e. The molecule has 3 rings (SSSR count). The number of hydrogen-bond acceptors (Lipinski definition) is 5. The molecule has 1 unspecified atom stereocenters. The Morgan fingerprint density at radius 2 is 1.95 bits per heavy atom. The van der Waals surface area contributed by atoms with Crippen LogP contribution in [0, 0.1) is 0 Å². The molecule has 0 saturated carbocycles. The molecule has 2 aromatic rings. The normalized spacial score (nSPS) is 20.2. The number of benzene rings is 2. The molecule has 112 valence electrons. The second-order valence-electron chi connectivity index (χ2n) is 5.05. The van der Waals surface area contributed by atoms with E-state index in [9.17, 15) is 0 Å². The molecule has 6 N–H and O–H groups in total. The summed E-state index contributed by atoms with van der Waals surface area (Å²) in [5.74, 6) is 0.762. The van der Waals surface area contributed by atoms with Crippen molar-refractivity contribution in [1.82, 2.24) is 5.32 Å². The van der Waals surface area contributed by atoms with Gasteiger partial charge in [-0.1, -0.05) is 34.1 Å². The number of halogens is 1. The van der Waals surface area contributed by atoms with Gasteiger partial charge in [-0.3, -0.25) is 5.73 Å². The molecule has 0 radical (unpaired) electrons. The van der Waals surface area contributed by atoms with Crippen molar-refractivity contribution in [1.29, 1.82) is 0 Å². The Morgan fingerprint density at radius 3 is 2.73 bits per heavy atom. The summed E-state index contributed by atoms with van der Waals surface area (Å²) < 4.78 is 0.998. The molecule has 0 aliphatic carbocycles. The fourth-order valence-electron chi connectivity index (χ4n) is 2.25. The van der Waals surface area contributed by atoms with Gasteiger partial charge in [-0.15, -0.1) is 0 Å². The van der Waals surface area contributed by atoms with Crippen LogP contribution in [0.3, 0.4) is 0 Å². The number of nitrogens with zero attached hydrogens (tertiary/aromatic N) is 1. The van der Waals surface area contributed by atoms with E-state index in [1.165, 1.54) is 0 Å². The molecule has 1 heterocycles. The third-order valence-corrected chi connectivity index (χ3v) is 3.81. The summed E-state index contributed by atoms with van der Waals surface area (Å²) in [5, 5.41) is 6.34. The molecule has 0 fully saturated rings. The van der Waals surface area contributed by atoms with Gasteiger partial charge in [0, 0.05) is 27.5 Å². The molecule has 1 aliphatic heterocycles. The van der Waals surface area contributed by atoms with Gasteiger partial charge in [0.2, 0.25) is 0 Å². The SMILES string of the molecule is Nc1cccc(C2(N)C=C(Nc3cccc(Br)c3)NC=N2)c1. The molecule has 22 heavy (non-hydrogen) atoms. The van der Waals surface area contributed by atoms with Crippen molar-refractivity contribution in [3.63, 3.8) is 0 Å². The highest BCUT2D eigenvalue weighted by Crippen LogP contribution is 2.26. The number of nitrogens with one attached hydrogen (secondary N) is 2. The lowest BCUT2D eigenvalue weighted by Gasteiger charge is -2.27. The Kier molecular flexibility index (Phi) is 3.87. The molecule has 0 saturated heterocycles. The summed E-state index contributed by atoms with van der Waals surface area (Å²) in [7, 11) is 0. The standard InChI is InChI=1S/C16H16BrN5/c17-12-4-2-6-14(8-12)22-15-9-16(19,21-10-20-15)11-3-1-5-13(18)7-11/h1-10,22H,18-19H2,(H,20,21). The van der Waals surface area contributed by atoms with Crippen LogP contribution in [0.1, 0.15) is 5.56 Å². The number of hydrogen-bond donors (Lipinski definition) is 4. The van der Waals surface area contributed by atoms with Crippen LogP contribution in [0.15, 0.2) is 69.9 Å². The maximum absolute atomic E-state index is 6.40. The summed E-state index contributed by atoms with van der Waals surface area (Å²) in [4.78, 5) is 4.34. The van der Waals surface area contributed by atoms with Crippen molar-refractivity contribution in [2.24, 2.45) is 10.7 Å². The van der Waals surface area contributed by atoms with Crippen molar-refractivity contribution in [3.05, 3.63) is 70.5 Å². The Morgan fingerprint density at radius 1 is 1.14 bits per heavy atom. The Bertz CT molecular complexity index is 756. The van der Waals surface area contributed by atoms with E-state index in [1.807, 2.05) is 54.6 Å².